The number of nitrogens with zero attached hydrogens (tertiary/aromatic N) is 4. The lowest BCUT2D eigenvalue weighted by Gasteiger charge is -2.20. The first-order valence-corrected chi connectivity index (χ1v) is 10.1. The first kappa shape index (κ1) is 26.4. The molecule has 0 fully saturated rings. The van der Waals surface area contributed by atoms with E-state index in [1.807, 2.05) is 18.2 Å². The van der Waals surface area contributed by atoms with Crippen molar-refractivity contribution in [2.75, 3.05) is 13.1 Å². The van der Waals surface area contributed by atoms with Crippen LogP contribution in [-0.4, -0.2) is 38.8 Å². The van der Waals surface area contributed by atoms with E-state index in [0.29, 0.717) is 17.6 Å². The van der Waals surface area contributed by atoms with E-state index in [1.165, 1.54) is 12.4 Å². The van der Waals surface area contributed by atoms with Crippen LogP contribution in [0.2, 0.25) is 0 Å². The lowest BCUT2D eigenvalue weighted by molar-refractivity contribution is 0.0945. The lowest BCUT2D eigenvalue weighted by Crippen LogP contribution is -2.27. The Morgan fingerprint density at radius 2 is 1.87 bits per heavy atom. The van der Waals surface area contributed by atoms with E-state index in [1.54, 1.807) is 6.07 Å². The number of nitrogens with one attached hydrogen (secondary N) is 1. The predicted molar refractivity (Wildman–Crippen MR) is 129 cm³/mol. The summed E-state index contributed by atoms with van der Waals surface area (Å²) in [5.74, 6) is -0.964. The van der Waals surface area contributed by atoms with Gasteiger partial charge in [-0.2, -0.15) is 4.39 Å². The van der Waals surface area contributed by atoms with Crippen LogP contribution in [0.1, 0.15) is 35.5 Å². The Morgan fingerprint density at radius 1 is 1.13 bits per heavy atom. The average molecular weight is 564 g/mol. The highest BCUT2D eigenvalue weighted by Crippen LogP contribution is 2.16. The molecule has 0 atom stereocenters. The second-order valence-corrected chi connectivity index (χ2v) is 7.52. The van der Waals surface area contributed by atoms with Gasteiger partial charge in [0.2, 0.25) is 5.95 Å². The Bertz CT molecular complexity index is 1000. The van der Waals surface area contributed by atoms with Gasteiger partial charge in [0.1, 0.15) is 5.69 Å². The molecule has 0 aliphatic rings. The van der Waals surface area contributed by atoms with Crippen LogP contribution in [0.4, 0.5) is 4.39 Å². The fourth-order valence-electron chi connectivity index (χ4n) is 2.88. The van der Waals surface area contributed by atoms with Crippen molar-refractivity contribution in [2.24, 2.45) is 0 Å². The fourth-order valence-corrected chi connectivity index (χ4v) is 3.35. The Morgan fingerprint density at radius 3 is 2.57 bits per heavy atom. The highest BCUT2D eigenvalue weighted by Gasteiger charge is 2.15. The van der Waals surface area contributed by atoms with Crippen LogP contribution >= 0.6 is 47.4 Å². The number of amides is 1. The molecule has 2 aromatic heterocycles. The maximum atomic E-state index is 14.3. The zero-order valence-electron chi connectivity index (χ0n) is 16.6. The molecule has 0 radical (unpaired) electrons. The standard InChI is InChI=1S/C20H21FIN5O.2ClH/c1-3-27(4-2)12-13-7-8-23-19(21)15(13)10-25-20(28)18-11-24-17-9-14(22)5-6-16(17)26-18;;/h5-9,11H,3-4,10,12H2,1-2H3,(H,25,28);2*1H/i22-2;;. The molecule has 1 aromatic carbocycles. The van der Waals surface area contributed by atoms with Crippen LogP contribution in [0.3, 0.4) is 0 Å². The summed E-state index contributed by atoms with van der Waals surface area (Å²) in [4.78, 5) is 27.1. The summed E-state index contributed by atoms with van der Waals surface area (Å²) >= 11 is 2.20. The Hall–Kier alpha value is -1.62. The molecule has 6 nitrogen and oxygen atoms in total. The Balaban J connectivity index is 0.00000225. The Kier molecular flexibility index (Phi) is 10.8. The van der Waals surface area contributed by atoms with Crippen LogP contribution in [0.25, 0.3) is 11.0 Å². The summed E-state index contributed by atoms with van der Waals surface area (Å²) in [6.45, 7) is 6.48. The van der Waals surface area contributed by atoms with Gasteiger partial charge in [-0.05, 0) is 65.5 Å². The van der Waals surface area contributed by atoms with Gasteiger partial charge in [0, 0.05) is 28.4 Å². The third-order valence-electron chi connectivity index (χ3n) is 4.55. The quantitative estimate of drug-likeness (QED) is 0.341. The van der Waals surface area contributed by atoms with Crippen LogP contribution in [0.15, 0.2) is 36.7 Å². The van der Waals surface area contributed by atoms with Gasteiger partial charge in [-0.1, -0.05) is 13.8 Å². The molecule has 0 unspecified atom stereocenters. The smallest absolute Gasteiger partial charge is 0.271 e. The van der Waals surface area contributed by atoms with E-state index in [-0.39, 0.29) is 37.1 Å². The van der Waals surface area contributed by atoms with E-state index in [4.69, 9.17) is 0 Å². The number of carbonyl (C=O) groups excluding carboxylic acids is 1. The first-order valence-electron chi connectivity index (χ1n) is 9.07. The van der Waals surface area contributed by atoms with Crippen molar-refractivity contribution in [3.8, 4) is 0 Å². The van der Waals surface area contributed by atoms with Gasteiger partial charge in [0.15, 0.2) is 0 Å². The zero-order valence-corrected chi connectivity index (χ0v) is 20.4. The number of hydrogen-bond acceptors (Lipinski definition) is 5. The van der Waals surface area contributed by atoms with E-state index in [2.05, 4.69) is 61.6 Å². The van der Waals surface area contributed by atoms with E-state index in [0.717, 1.165) is 27.7 Å². The third kappa shape index (κ3) is 6.44. The largest absolute Gasteiger partial charge is 0.346 e. The van der Waals surface area contributed by atoms with Crippen LogP contribution in [0, 0.1) is 9.52 Å². The van der Waals surface area contributed by atoms with Crippen molar-refractivity contribution in [1.29, 1.82) is 0 Å². The molecule has 0 aliphatic heterocycles. The van der Waals surface area contributed by atoms with E-state index < -0.39 is 11.9 Å². The summed E-state index contributed by atoms with van der Waals surface area (Å²) < 4.78 is 15.3. The number of halogens is 4. The monoisotopic (exact) mass is 563 g/mol. The third-order valence-corrected chi connectivity index (χ3v) is 5.22. The van der Waals surface area contributed by atoms with Crippen LogP contribution in [0.5, 0.6) is 0 Å². The number of aromatic nitrogens is 3. The van der Waals surface area contributed by atoms with Gasteiger partial charge >= 0.3 is 0 Å². The number of carbonyl (C=O) groups is 1. The average Bonchev–Trinajstić information content (AvgIpc) is 2.70. The van der Waals surface area contributed by atoms with Crippen molar-refractivity contribution in [2.45, 2.75) is 26.9 Å². The molecule has 3 rings (SSSR count). The zero-order chi connectivity index (χ0) is 20.1. The number of fused-ring (bicyclic) bond motifs is 1. The molecular formula is C20H23Cl2FIN5O. The number of pyridine rings is 1. The minimum Gasteiger partial charge on any atom is -0.346 e. The molecule has 0 saturated carbocycles. The number of benzene rings is 1. The van der Waals surface area contributed by atoms with Gasteiger partial charge in [-0.15, -0.1) is 24.8 Å². The second kappa shape index (κ2) is 12.3. The van der Waals surface area contributed by atoms with Crippen molar-refractivity contribution in [3.05, 3.63) is 63.0 Å². The minimum atomic E-state index is -0.566. The molecule has 162 valence electrons. The normalized spacial score (nSPS) is 10.4. The first-order chi connectivity index (χ1) is 13.5. The van der Waals surface area contributed by atoms with Crippen molar-refractivity contribution in [1.82, 2.24) is 25.2 Å². The van der Waals surface area contributed by atoms with Crippen LogP contribution in [-0.2, 0) is 13.1 Å². The molecular weight excluding hydrogens is 541 g/mol. The maximum Gasteiger partial charge on any atom is 0.271 e. The molecule has 2 heterocycles. The van der Waals surface area contributed by atoms with Crippen molar-refractivity contribution >= 4 is 64.3 Å². The van der Waals surface area contributed by atoms with E-state index >= 15 is 0 Å². The highest BCUT2D eigenvalue weighted by atomic mass is 125. The van der Waals surface area contributed by atoms with Gasteiger partial charge in [-0.3, -0.25) is 14.7 Å². The minimum absolute atomic E-state index is 0. The van der Waals surface area contributed by atoms with Gasteiger partial charge in [-0.25, -0.2) is 9.97 Å². The van der Waals surface area contributed by atoms with Crippen LogP contribution < -0.4 is 5.32 Å². The number of rotatable bonds is 7. The van der Waals surface area contributed by atoms with Gasteiger partial charge < -0.3 is 5.32 Å². The predicted octanol–water partition coefficient (Wildman–Crippen LogP) is 4.38. The van der Waals surface area contributed by atoms with Crippen molar-refractivity contribution in [3.63, 3.8) is 0 Å². The fraction of sp³-hybridized carbons (Fsp3) is 0.300. The molecule has 0 saturated heterocycles. The second-order valence-electron chi connectivity index (χ2n) is 6.27. The Labute approximate surface area is 201 Å². The van der Waals surface area contributed by atoms with E-state index in [9.17, 15) is 9.18 Å². The molecule has 30 heavy (non-hydrogen) atoms. The summed E-state index contributed by atoms with van der Waals surface area (Å²) in [7, 11) is 0. The topological polar surface area (TPSA) is 71.0 Å². The SMILES string of the molecule is CCN(CC)Cc1ccnc(F)c1CNC(=O)c1cnc2cc([125I])ccc2n1.Cl.Cl. The summed E-state index contributed by atoms with van der Waals surface area (Å²) in [5.41, 5.74) is 2.77. The highest BCUT2D eigenvalue weighted by molar-refractivity contribution is 14.1. The lowest BCUT2D eigenvalue weighted by atomic mass is 10.1. The molecule has 0 bridgehead atoms. The molecule has 0 aliphatic carbocycles. The molecule has 1 N–H and O–H groups in total. The van der Waals surface area contributed by atoms with Crippen molar-refractivity contribution < 1.29 is 9.18 Å². The molecule has 3 aromatic rings. The summed E-state index contributed by atoms with van der Waals surface area (Å²) in [5, 5.41) is 2.74. The van der Waals surface area contributed by atoms with Gasteiger partial charge in [0.05, 0.1) is 17.2 Å². The summed E-state index contributed by atoms with van der Waals surface area (Å²) in [6.07, 6.45) is 2.89. The maximum absolute atomic E-state index is 14.3. The molecule has 1 amide bonds. The molecule has 10 heteroatoms. The number of hydrogen-bond donors (Lipinski definition) is 1. The van der Waals surface area contributed by atoms with Gasteiger partial charge in [0.25, 0.3) is 5.91 Å². The summed E-state index contributed by atoms with van der Waals surface area (Å²) in [6, 6.07) is 7.42. The molecule has 0 spiro atoms.